The first-order valence-corrected chi connectivity index (χ1v) is 19.4. The molecule has 12 nitrogen and oxygen atoms in total. The Bertz CT molecular complexity index is 1920. The van der Waals surface area contributed by atoms with Crippen LogP contribution in [-0.4, -0.2) is 23.6 Å². The van der Waals surface area contributed by atoms with Gasteiger partial charge in [0.2, 0.25) is 0 Å². The third-order valence-corrected chi connectivity index (χ3v) is 10.3. The molecule has 12 bridgehead atoms. The Morgan fingerprint density at radius 2 is 0.556 bits per heavy atom. The summed E-state index contributed by atoms with van der Waals surface area (Å²) in [7, 11) is 0. The predicted octanol–water partition coefficient (Wildman–Crippen LogP) is 6.96. The molecule has 8 heterocycles. The standard InChI is InChI=1S/C40H36N4O8S2/c45-37-33-13-9-29(49-33)21-53-23-31-11-15-35(51-31)39(47)43-19-27-5-7-28(8-6-27)20-44-40(48)36-16-12-32(52-36)24-54-22-30-10-14-34(50-30)38(46)42-18-26-2-1-25(3-4-26)17-41-37/h1-16H,17-24H2,(H,41,45)(H,42,46)(H,43,47)(H,44,48). The molecule has 0 atom stereocenters. The number of nitrogens with one attached hydrogen (secondary N) is 4. The van der Waals surface area contributed by atoms with Crippen LogP contribution in [0.1, 0.15) is 87.5 Å². The van der Waals surface area contributed by atoms with Crippen molar-refractivity contribution >= 4 is 47.2 Å². The number of thioether (sulfide) groups is 2. The van der Waals surface area contributed by atoms with Crippen molar-refractivity contribution in [2.24, 2.45) is 0 Å². The van der Waals surface area contributed by atoms with Crippen molar-refractivity contribution in [2.75, 3.05) is 0 Å². The van der Waals surface area contributed by atoms with E-state index in [1.807, 2.05) is 48.5 Å². The molecule has 2 aromatic carbocycles. The van der Waals surface area contributed by atoms with Gasteiger partial charge >= 0.3 is 0 Å². The van der Waals surface area contributed by atoms with E-state index in [9.17, 15) is 19.2 Å². The highest BCUT2D eigenvalue weighted by molar-refractivity contribution is 7.97. The second-order valence-corrected chi connectivity index (χ2v) is 14.4. The van der Waals surface area contributed by atoms with E-state index in [-0.39, 0.29) is 46.7 Å². The van der Waals surface area contributed by atoms with Crippen molar-refractivity contribution in [2.45, 2.75) is 49.2 Å². The number of hydrogen-bond acceptors (Lipinski definition) is 10. The van der Waals surface area contributed by atoms with E-state index in [1.54, 1.807) is 48.5 Å². The number of hydrogen-bond donors (Lipinski definition) is 4. The number of carbonyl (C=O) groups excluding carboxylic acids is 4. The molecule has 4 aliphatic rings. The number of furan rings is 4. The van der Waals surface area contributed by atoms with Crippen LogP contribution in [0.15, 0.2) is 115 Å². The maximum absolute atomic E-state index is 12.7. The van der Waals surface area contributed by atoms with Gasteiger partial charge in [0, 0.05) is 26.2 Å². The number of rotatable bonds is 0. The summed E-state index contributed by atoms with van der Waals surface area (Å²) in [6, 6.07) is 28.8. The van der Waals surface area contributed by atoms with Crippen LogP contribution in [0.25, 0.3) is 0 Å². The molecule has 54 heavy (non-hydrogen) atoms. The average Bonchev–Trinajstić information content (AvgIpc) is 4.03. The van der Waals surface area contributed by atoms with E-state index < -0.39 is 0 Å². The molecule has 276 valence electrons. The Morgan fingerprint density at radius 1 is 0.333 bits per heavy atom. The van der Waals surface area contributed by atoms with Gasteiger partial charge in [-0.1, -0.05) is 48.5 Å². The minimum absolute atomic E-state index is 0.216. The highest BCUT2D eigenvalue weighted by atomic mass is 32.2. The van der Waals surface area contributed by atoms with Gasteiger partial charge in [0.05, 0.1) is 23.0 Å². The molecule has 4 aliphatic heterocycles. The SMILES string of the molecule is O=C1NCc2ccc(cc2)CNC(=O)c2ccc(o2)CSCc2ccc(o2)C(=O)NCc2ccc(cc2)CNC(=O)c2ccc(o2)CSCc2ccc1o2. The molecule has 4 amide bonds. The second-order valence-electron chi connectivity index (χ2n) is 12.4. The van der Waals surface area contributed by atoms with Crippen LogP contribution in [0.3, 0.4) is 0 Å². The van der Waals surface area contributed by atoms with Crippen LogP contribution in [-0.2, 0) is 49.2 Å². The molecule has 14 heteroatoms. The highest BCUT2D eigenvalue weighted by Crippen LogP contribution is 2.23. The van der Waals surface area contributed by atoms with Gasteiger partial charge in [-0.2, -0.15) is 0 Å². The van der Waals surface area contributed by atoms with Gasteiger partial charge in [-0.15, -0.1) is 23.5 Å². The van der Waals surface area contributed by atoms with Crippen molar-refractivity contribution in [3.63, 3.8) is 0 Å². The molecule has 0 radical (unpaired) electrons. The lowest BCUT2D eigenvalue weighted by molar-refractivity contribution is 0.0914. The molecule has 10 rings (SSSR count). The van der Waals surface area contributed by atoms with Crippen molar-refractivity contribution in [1.82, 2.24) is 21.3 Å². The summed E-state index contributed by atoms with van der Waals surface area (Å²) in [5.74, 6) is 4.18. The van der Waals surface area contributed by atoms with Crippen LogP contribution in [0.4, 0.5) is 0 Å². The zero-order chi connectivity index (χ0) is 37.3. The lowest BCUT2D eigenvalue weighted by atomic mass is 10.1. The molecule has 0 fully saturated rings. The van der Waals surface area contributed by atoms with Crippen molar-refractivity contribution in [3.05, 3.63) is 165 Å². The Hall–Kier alpha value is -5.86. The first-order chi connectivity index (χ1) is 26.3. The molecule has 0 aliphatic carbocycles. The third-order valence-electron chi connectivity index (χ3n) is 8.38. The zero-order valence-electron chi connectivity index (χ0n) is 29.0. The van der Waals surface area contributed by atoms with Gasteiger partial charge < -0.3 is 38.9 Å². The number of benzene rings is 2. The van der Waals surface area contributed by atoms with E-state index in [2.05, 4.69) is 21.3 Å². The van der Waals surface area contributed by atoms with E-state index in [0.29, 0.717) is 72.2 Å². The third kappa shape index (κ3) is 9.76. The molecule has 0 saturated heterocycles. The first kappa shape index (κ1) is 36.5. The van der Waals surface area contributed by atoms with Gasteiger partial charge in [0.1, 0.15) is 23.0 Å². The summed E-state index contributed by atoms with van der Waals surface area (Å²) >= 11 is 3.06. The summed E-state index contributed by atoms with van der Waals surface area (Å²) in [4.78, 5) is 51.0. The minimum Gasteiger partial charge on any atom is -0.455 e. The van der Waals surface area contributed by atoms with Crippen LogP contribution in [0.2, 0.25) is 0 Å². The van der Waals surface area contributed by atoms with Gasteiger partial charge in [-0.25, -0.2) is 0 Å². The fraction of sp³-hybridized carbons (Fsp3) is 0.200. The average molecular weight is 765 g/mol. The summed E-state index contributed by atoms with van der Waals surface area (Å²) in [5, 5.41) is 11.5. The van der Waals surface area contributed by atoms with Crippen LogP contribution < -0.4 is 21.3 Å². The van der Waals surface area contributed by atoms with E-state index >= 15 is 0 Å². The molecule has 6 aromatic rings. The quantitative estimate of drug-likeness (QED) is 0.127. The van der Waals surface area contributed by atoms with Crippen molar-refractivity contribution in [1.29, 1.82) is 0 Å². The summed E-state index contributed by atoms with van der Waals surface area (Å²) in [5.41, 5.74) is 3.56. The summed E-state index contributed by atoms with van der Waals surface area (Å²) in [6.07, 6.45) is 0. The van der Waals surface area contributed by atoms with Crippen LogP contribution >= 0.6 is 23.5 Å². The normalized spacial score (nSPS) is 15.4. The van der Waals surface area contributed by atoms with Crippen LogP contribution in [0.5, 0.6) is 0 Å². The number of amides is 4. The van der Waals surface area contributed by atoms with E-state index in [0.717, 1.165) is 22.3 Å². The largest absolute Gasteiger partial charge is 0.455 e. The molecular formula is C40H36N4O8S2. The molecule has 0 saturated carbocycles. The molecular weight excluding hydrogens is 729 g/mol. The fourth-order valence-corrected chi connectivity index (χ4v) is 7.07. The van der Waals surface area contributed by atoms with Gasteiger partial charge in [-0.3, -0.25) is 19.2 Å². The van der Waals surface area contributed by atoms with Gasteiger partial charge in [0.15, 0.2) is 23.0 Å². The Kier molecular flexibility index (Phi) is 11.7. The molecule has 4 N–H and O–H groups in total. The second kappa shape index (κ2) is 17.3. The van der Waals surface area contributed by atoms with Gasteiger partial charge in [0.25, 0.3) is 23.6 Å². The predicted molar refractivity (Wildman–Crippen MR) is 202 cm³/mol. The number of carbonyl (C=O) groups is 4. The maximum atomic E-state index is 12.7. The Labute approximate surface area is 318 Å². The minimum atomic E-state index is -0.325. The lowest BCUT2D eigenvalue weighted by Crippen LogP contribution is -2.23. The van der Waals surface area contributed by atoms with Gasteiger partial charge in [-0.05, 0) is 70.8 Å². The monoisotopic (exact) mass is 764 g/mol. The summed E-state index contributed by atoms with van der Waals surface area (Å²) in [6.45, 7) is 1.22. The lowest BCUT2D eigenvalue weighted by Gasteiger charge is -2.07. The maximum Gasteiger partial charge on any atom is 0.287 e. The zero-order valence-corrected chi connectivity index (χ0v) is 30.6. The Morgan fingerprint density at radius 3 is 0.778 bits per heavy atom. The van der Waals surface area contributed by atoms with Crippen molar-refractivity contribution < 1.29 is 36.8 Å². The van der Waals surface area contributed by atoms with Crippen molar-refractivity contribution in [3.8, 4) is 0 Å². The van der Waals surface area contributed by atoms with E-state index in [4.69, 9.17) is 17.7 Å². The molecule has 0 unspecified atom stereocenters. The molecule has 0 spiro atoms. The highest BCUT2D eigenvalue weighted by Gasteiger charge is 2.16. The molecule has 4 aromatic heterocycles. The van der Waals surface area contributed by atoms with E-state index in [1.165, 1.54) is 23.5 Å². The topological polar surface area (TPSA) is 169 Å². The summed E-state index contributed by atoms with van der Waals surface area (Å²) < 4.78 is 23.1. The smallest absolute Gasteiger partial charge is 0.287 e. The van der Waals surface area contributed by atoms with Crippen LogP contribution in [0, 0.1) is 0 Å². The first-order valence-electron chi connectivity index (χ1n) is 17.1. The fourth-order valence-electron chi connectivity index (χ4n) is 5.44. The Balaban J connectivity index is 0.982.